The van der Waals surface area contributed by atoms with Gasteiger partial charge in [0.05, 0.1) is 23.4 Å². The zero-order valence-corrected chi connectivity index (χ0v) is 16.2. The predicted octanol–water partition coefficient (Wildman–Crippen LogP) is 3.47. The Hall–Kier alpha value is -2.78. The fourth-order valence-corrected chi connectivity index (χ4v) is 4.82. The molecule has 1 aromatic carbocycles. The van der Waals surface area contributed by atoms with E-state index in [4.69, 9.17) is 17.3 Å². The summed E-state index contributed by atoms with van der Waals surface area (Å²) >= 11 is 6.50. The van der Waals surface area contributed by atoms with Crippen LogP contribution in [0.3, 0.4) is 0 Å². The van der Waals surface area contributed by atoms with E-state index in [1.165, 1.54) is 0 Å². The lowest BCUT2D eigenvalue weighted by Gasteiger charge is -2.53. The van der Waals surface area contributed by atoms with Gasteiger partial charge in [0, 0.05) is 28.9 Å². The molecule has 3 rings (SSSR count). The van der Waals surface area contributed by atoms with Gasteiger partial charge in [0.2, 0.25) is 0 Å². The van der Waals surface area contributed by atoms with Crippen LogP contribution in [0, 0.1) is 44.8 Å². The van der Waals surface area contributed by atoms with Gasteiger partial charge in [-0.1, -0.05) is 42.8 Å². The minimum Gasteiger partial charge on any atom is -0.399 e. The van der Waals surface area contributed by atoms with Crippen molar-refractivity contribution in [2.75, 3.05) is 13.6 Å². The maximum atomic E-state index is 10.1. The number of hydrogen-bond donors (Lipinski definition) is 1. The van der Waals surface area contributed by atoms with Crippen molar-refractivity contribution in [1.29, 1.82) is 15.8 Å². The van der Waals surface area contributed by atoms with Crippen molar-refractivity contribution in [3.05, 3.63) is 57.8 Å². The molecule has 0 radical (unpaired) electrons. The number of rotatable bonds is 1. The highest BCUT2D eigenvalue weighted by atomic mass is 35.5. The SMILES string of the molecule is CC1C=C2C(C#N)=C(N)C(C#N)(C#N)C(c3ccccc3Cl)C2(C)CN1C. The zero-order chi connectivity index (χ0) is 20.0. The number of nitriles is 3. The van der Waals surface area contributed by atoms with E-state index >= 15 is 0 Å². The quantitative estimate of drug-likeness (QED) is 0.807. The van der Waals surface area contributed by atoms with E-state index in [0.717, 1.165) is 5.57 Å². The number of likely N-dealkylation sites (N-methyl/N-ethyl adjacent to an activating group) is 1. The summed E-state index contributed by atoms with van der Waals surface area (Å²) in [7, 11) is 1.99. The third-order valence-electron chi connectivity index (χ3n) is 6.01. The standard InChI is InChI=1S/C21H20ClN5/c1-13-8-16-15(9-23)19(26)21(10-24,11-25)18(20(16,2)12-27(13)3)14-6-4-5-7-17(14)22/h4-8,13,18H,12,26H2,1-3H3. The van der Waals surface area contributed by atoms with Crippen LogP contribution in [0.1, 0.15) is 25.3 Å². The molecule has 0 bridgehead atoms. The van der Waals surface area contributed by atoms with Gasteiger partial charge in [-0.25, -0.2) is 0 Å². The largest absolute Gasteiger partial charge is 0.399 e. The van der Waals surface area contributed by atoms with E-state index < -0.39 is 16.7 Å². The Morgan fingerprint density at radius 3 is 2.41 bits per heavy atom. The van der Waals surface area contributed by atoms with Crippen LogP contribution in [0.25, 0.3) is 0 Å². The summed E-state index contributed by atoms with van der Waals surface area (Å²) in [5, 5.41) is 30.5. The van der Waals surface area contributed by atoms with E-state index in [1.807, 2.05) is 45.2 Å². The van der Waals surface area contributed by atoms with Gasteiger partial charge in [0.25, 0.3) is 0 Å². The fraction of sp³-hybridized carbons (Fsp3) is 0.381. The fourth-order valence-electron chi connectivity index (χ4n) is 4.58. The van der Waals surface area contributed by atoms with E-state index in [0.29, 0.717) is 17.1 Å². The average Bonchev–Trinajstić information content (AvgIpc) is 2.64. The molecule has 3 unspecified atom stereocenters. The minimum atomic E-state index is -1.68. The summed E-state index contributed by atoms with van der Waals surface area (Å²) in [6.07, 6.45) is 2.01. The molecule has 2 N–H and O–H groups in total. The highest BCUT2D eigenvalue weighted by molar-refractivity contribution is 6.31. The minimum absolute atomic E-state index is 0.0143. The van der Waals surface area contributed by atoms with E-state index in [1.54, 1.807) is 6.07 Å². The van der Waals surface area contributed by atoms with Gasteiger partial charge in [0.15, 0.2) is 5.41 Å². The molecule has 0 saturated carbocycles. The summed E-state index contributed by atoms with van der Waals surface area (Å²) in [5.41, 5.74) is 5.71. The van der Waals surface area contributed by atoms with Crippen molar-refractivity contribution in [1.82, 2.24) is 4.90 Å². The third kappa shape index (κ3) is 2.46. The number of halogens is 1. The molecular formula is C21H20ClN5. The summed E-state index contributed by atoms with van der Waals surface area (Å²) in [4.78, 5) is 2.14. The first-order valence-electron chi connectivity index (χ1n) is 8.67. The number of nitrogens with two attached hydrogens (primary N) is 1. The molecule has 0 saturated heterocycles. The van der Waals surface area contributed by atoms with Crippen LogP contribution in [0.4, 0.5) is 0 Å². The number of fused-ring (bicyclic) bond motifs is 1. The lowest BCUT2D eigenvalue weighted by molar-refractivity contribution is 0.124. The van der Waals surface area contributed by atoms with Crippen LogP contribution in [-0.4, -0.2) is 24.5 Å². The zero-order valence-electron chi connectivity index (χ0n) is 15.5. The van der Waals surface area contributed by atoms with Gasteiger partial charge in [0.1, 0.15) is 6.07 Å². The first-order chi connectivity index (χ1) is 12.8. The molecule has 27 heavy (non-hydrogen) atoms. The Bertz CT molecular complexity index is 973. The van der Waals surface area contributed by atoms with Gasteiger partial charge in [-0.2, -0.15) is 15.8 Å². The van der Waals surface area contributed by atoms with Crippen molar-refractivity contribution < 1.29 is 0 Å². The van der Waals surface area contributed by atoms with Crippen molar-refractivity contribution in [2.45, 2.75) is 25.8 Å². The summed E-state index contributed by atoms with van der Waals surface area (Å²) in [6.45, 7) is 4.60. The van der Waals surface area contributed by atoms with Gasteiger partial charge < -0.3 is 5.73 Å². The lowest BCUT2D eigenvalue weighted by atomic mass is 9.51. The number of allylic oxidation sites excluding steroid dienone is 2. The molecule has 0 aromatic heterocycles. The van der Waals surface area contributed by atoms with Crippen molar-refractivity contribution in [2.24, 2.45) is 16.6 Å². The smallest absolute Gasteiger partial charge is 0.191 e. The molecule has 0 spiro atoms. The third-order valence-corrected chi connectivity index (χ3v) is 6.35. The monoisotopic (exact) mass is 377 g/mol. The predicted molar refractivity (Wildman–Crippen MR) is 103 cm³/mol. The number of nitrogens with zero attached hydrogens (tertiary/aromatic N) is 4. The van der Waals surface area contributed by atoms with Crippen LogP contribution in [0.2, 0.25) is 5.02 Å². The van der Waals surface area contributed by atoms with Crippen molar-refractivity contribution >= 4 is 11.6 Å². The van der Waals surface area contributed by atoms with Crippen LogP contribution < -0.4 is 5.73 Å². The molecule has 3 atom stereocenters. The average molecular weight is 378 g/mol. The second-order valence-corrected chi connectivity index (χ2v) is 7.95. The highest BCUT2D eigenvalue weighted by Crippen LogP contribution is 2.61. The summed E-state index contributed by atoms with van der Waals surface area (Å²) < 4.78 is 0. The first-order valence-corrected chi connectivity index (χ1v) is 9.04. The second-order valence-electron chi connectivity index (χ2n) is 7.54. The summed E-state index contributed by atoms with van der Waals surface area (Å²) in [6, 6.07) is 13.8. The molecule has 0 fully saturated rings. The van der Waals surface area contributed by atoms with Gasteiger partial charge >= 0.3 is 0 Å². The van der Waals surface area contributed by atoms with Gasteiger partial charge in [-0.05, 0) is 31.2 Å². The molecule has 136 valence electrons. The van der Waals surface area contributed by atoms with Crippen molar-refractivity contribution in [3.8, 4) is 18.2 Å². The van der Waals surface area contributed by atoms with Crippen LogP contribution in [-0.2, 0) is 0 Å². The number of benzene rings is 1. The molecular weight excluding hydrogens is 358 g/mol. The van der Waals surface area contributed by atoms with E-state index in [9.17, 15) is 15.8 Å². The van der Waals surface area contributed by atoms with Gasteiger partial charge in [-0.15, -0.1) is 0 Å². The van der Waals surface area contributed by atoms with Crippen LogP contribution >= 0.6 is 11.6 Å². The maximum absolute atomic E-state index is 10.1. The molecule has 1 heterocycles. The molecule has 6 heteroatoms. The molecule has 2 aliphatic rings. The van der Waals surface area contributed by atoms with Crippen LogP contribution in [0.15, 0.2) is 47.2 Å². The molecule has 1 aromatic rings. The Morgan fingerprint density at radius 2 is 1.85 bits per heavy atom. The molecule has 5 nitrogen and oxygen atoms in total. The topological polar surface area (TPSA) is 101 Å². The Kier molecular flexibility index (Phi) is 4.52. The summed E-state index contributed by atoms with van der Waals surface area (Å²) in [5.74, 6) is -0.605. The first kappa shape index (κ1) is 19.0. The van der Waals surface area contributed by atoms with E-state index in [2.05, 4.69) is 23.1 Å². The highest BCUT2D eigenvalue weighted by Gasteiger charge is 2.60. The molecule has 1 aliphatic carbocycles. The van der Waals surface area contributed by atoms with Crippen molar-refractivity contribution in [3.63, 3.8) is 0 Å². The lowest BCUT2D eigenvalue weighted by Crippen LogP contribution is -2.54. The van der Waals surface area contributed by atoms with Gasteiger partial charge in [-0.3, -0.25) is 4.90 Å². The Labute approximate surface area is 164 Å². The van der Waals surface area contributed by atoms with Crippen LogP contribution in [0.5, 0.6) is 0 Å². The maximum Gasteiger partial charge on any atom is 0.191 e. The van der Waals surface area contributed by atoms with E-state index in [-0.39, 0.29) is 17.3 Å². The number of hydrogen-bond acceptors (Lipinski definition) is 5. The molecule has 0 amide bonds. The Morgan fingerprint density at radius 1 is 1.22 bits per heavy atom. The Balaban J connectivity index is 2.47. The molecule has 1 aliphatic heterocycles. The normalized spacial score (nSPS) is 29.7. The second kappa shape index (κ2) is 6.43.